The quantitative estimate of drug-likeness (QED) is 0.0863. The van der Waals surface area contributed by atoms with Gasteiger partial charge in [-0.2, -0.15) is 5.10 Å². The van der Waals surface area contributed by atoms with Gasteiger partial charge in [-0.1, -0.05) is 159 Å². The van der Waals surface area contributed by atoms with Crippen molar-refractivity contribution in [2.24, 2.45) is 5.10 Å². The van der Waals surface area contributed by atoms with Gasteiger partial charge in [-0.05, 0) is 30.4 Å². The highest BCUT2D eigenvalue weighted by Gasteiger charge is 2.01. The van der Waals surface area contributed by atoms with Gasteiger partial charge in [-0.15, -0.1) is 0 Å². The maximum absolute atomic E-state index is 12.2. The maximum atomic E-state index is 12.2. The van der Waals surface area contributed by atoms with Crippen LogP contribution in [0.15, 0.2) is 41.0 Å². The zero-order valence-corrected chi connectivity index (χ0v) is 23.7. The van der Waals surface area contributed by atoms with Crippen molar-refractivity contribution in [3.8, 4) is 0 Å². The Labute approximate surface area is 223 Å². The van der Waals surface area contributed by atoms with Crippen molar-refractivity contribution in [3.63, 3.8) is 0 Å². The summed E-state index contributed by atoms with van der Waals surface area (Å²) in [4.78, 5) is 12.2. The zero-order valence-electron chi connectivity index (χ0n) is 23.7. The van der Waals surface area contributed by atoms with Crippen molar-refractivity contribution in [1.82, 2.24) is 5.43 Å². The molecule has 3 heteroatoms. The monoisotopic (exact) mass is 496 g/mol. The second-order valence-electron chi connectivity index (χ2n) is 10.4. The van der Waals surface area contributed by atoms with E-state index in [1.54, 1.807) is 0 Å². The van der Waals surface area contributed by atoms with Gasteiger partial charge in [0.25, 0.3) is 0 Å². The number of amides is 1. The molecule has 0 heterocycles. The average Bonchev–Trinajstić information content (AvgIpc) is 2.89. The van der Waals surface area contributed by atoms with Crippen molar-refractivity contribution < 1.29 is 4.79 Å². The molecule has 0 saturated heterocycles. The van der Waals surface area contributed by atoms with E-state index in [0.29, 0.717) is 6.42 Å². The highest BCUT2D eigenvalue weighted by atomic mass is 16.2. The van der Waals surface area contributed by atoms with Gasteiger partial charge in [-0.25, -0.2) is 5.43 Å². The Morgan fingerprint density at radius 1 is 0.639 bits per heavy atom. The van der Waals surface area contributed by atoms with Gasteiger partial charge in [0.2, 0.25) is 5.91 Å². The van der Waals surface area contributed by atoms with Crippen LogP contribution < -0.4 is 5.43 Å². The molecule has 0 aliphatic rings. The third-order valence-corrected chi connectivity index (χ3v) is 6.90. The first-order valence-electron chi connectivity index (χ1n) is 15.3. The summed E-state index contributed by atoms with van der Waals surface area (Å²) in [5.74, 6) is 0.0333. The van der Waals surface area contributed by atoms with Crippen LogP contribution in [0.2, 0.25) is 0 Å². The van der Waals surface area contributed by atoms with Crippen LogP contribution in [0.1, 0.15) is 154 Å². The van der Waals surface area contributed by atoms with Gasteiger partial charge >= 0.3 is 0 Å². The summed E-state index contributed by atoms with van der Waals surface area (Å²) in [5, 5.41) is 4.26. The Hall–Kier alpha value is -1.90. The average molecular weight is 497 g/mol. The van der Waals surface area contributed by atoms with Crippen LogP contribution >= 0.6 is 0 Å². The molecule has 1 aromatic rings. The fourth-order valence-electron chi connectivity index (χ4n) is 4.59. The number of hydrogen-bond acceptors (Lipinski definition) is 2. The molecule has 0 spiro atoms. The number of nitrogens with one attached hydrogen (secondary N) is 1. The van der Waals surface area contributed by atoms with E-state index in [1.165, 1.54) is 114 Å². The molecule has 0 radical (unpaired) electrons. The summed E-state index contributed by atoms with van der Waals surface area (Å²) in [6.07, 6.45) is 30.6. The minimum Gasteiger partial charge on any atom is -0.273 e. The predicted molar refractivity (Wildman–Crippen MR) is 159 cm³/mol. The van der Waals surface area contributed by atoms with Crippen LogP contribution in [0.4, 0.5) is 0 Å². The summed E-state index contributed by atoms with van der Waals surface area (Å²) in [6.45, 7) is 4.52. The first kappa shape index (κ1) is 32.1. The van der Waals surface area contributed by atoms with Crippen LogP contribution in [0, 0.1) is 0 Å². The maximum Gasteiger partial charge on any atom is 0.240 e. The summed E-state index contributed by atoms with van der Waals surface area (Å²) in [6, 6.07) is 10.3. The standard InChI is InChI=1S/C33H56N2O/c1-3-5-7-9-10-11-12-13-14-15-16-17-18-19-24-28-33(36)35-34-30-32(27-21-8-6-4-2)29-31-25-22-20-23-26-31/h20,22-23,25-26,29-30H,3-19,21,24,27-28H2,1-2H3,(H,35,36)/b32-29+,34-30-. The number of benzene rings is 1. The van der Waals surface area contributed by atoms with Crippen molar-refractivity contribution in [3.05, 3.63) is 41.5 Å². The van der Waals surface area contributed by atoms with Gasteiger partial charge in [0.1, 0.15) is 0 Å². The molecule has 0 aromatic heterocycles. The number of hydrazone groups is 1. The molecule has 0 bridgehead atoms. The molecule has 0 fully saturated rings. The van der Waals surface area contributed by atoms with Gasteiger partial charge < -0.3 is 0 Å². The van der Waals surface area contributed by atoms with E-state index in [1.807, 2.05) is 12.3 Å². The SMILES string of the molecule is CCCCCCCCCCCCCCCCCC(=O)N/N=C\C(=C\c1ccccc1)CCCCCC. The number of unbranched alkanes of at least 4 members (excludes halogenated alkanes) is 17. The van der Waals surface area contributed by atoms with Crippen LogP contribution in [0.5, 0.6) is 0 Å². The molecule has 0 atom stereocenters. The molecule has 36 heavy (non-hydrogen) atoms. The Kier molecular flexibility index (Phi) is 22.1. The van der Waals surface area contributed by atoms with E-state index < -0.39 is 0 Å². The number of carbonyl (C=O) groups excluding carboxylic acids is 1. The normalized spacial score (nSPS) is 11.9. The number of allylic oxidation sites excluding steroid dienone is 1. The lowest BCUT2D eigenvalue weighted by Gasteiger charge is -2.04. The topological polar surface area (TPSA) is 41.5 Å². The molecule has 0 aliphatic carbocycles. The van der Waals surface area contributed by atoms with Crippen molar-refractivity contribution in [1.29, 1.82) is 0 Å². The molecule has 1 aromatic carbocycles. The molecular formula is C33H56N2O. The summed E-state index contributed by atoms with van der Waals surface area (Å²) in [7, 11) is 0. The van der Waals surface area contributed by atoms with Crippen molar-refractivity contribution in [2.45, 2.75) is 149 Å². The molecular weight excluding hydrogens is 440 g/mol. The van der Waals surface area contributed by atoms with E-state index in [2.05, 4.69) is 54.7 Å². The molecule has 0 saturated carbocycles. The van der Waals surface area contributed by atoms with Crippen molar-refractivity contribution >= 4 is 18.2 Å². The zero-order chi connectivity index (χ0) is 25.9. The highest BCUT2D eigenvalue weighted by molar-refractivity contribution is 5.86. The fraction of sp³-hybridized carbons (Fsp3) is 0.697. The Bertz CT molecular complexity index is 680. The van der Waals surface area contributed by atoms with Gasteiger partial charge in [0.15, 0.2) is 0 Å². The van der Waals surface area contributed by atoms with Crippen LogP contribution in [-0.4, -0.2) is 12.1 Å². The van der Waals surface area contributed by atoms with E-state index in [9.17, 15) is 4.79 Å². The van der Waals surface area contributed by atoms with Crippen LogP contribution in [0.3, 0.4) is 0 Å². The number of carbonyl (C=O) groups is 1. The molecule has 1 rings (SSSR count). The lowest BCUT2D eigenvalue weighted by molar-refractivity contribution is -0.121. The largest absolute Gasteiger partial charge is 0.273 e. The van der Waals surface area contributed by atoms with E-state index in [4.69, 9.17) is 0 Å². The summed E-state index contributed by atoms with van der Waals surface area (Å²) < 4.78 is 0. The smallest absolute Gasteiger partial charge is 0.240 e. The molecule has 204 valence electrons. The predicted octanol–water partition coefficient (Wildman–Crippen LogP) is 10.4. The first-order chi connectivity index (χ1) is 17.8. The Morgan fingerprint density at radius 3 is 1.61 bits per heavy atom. The van der Waals surface area contributed by atoms with Gasteiger partial charge in [0.05, 0.1) is 6.21 Å². The molecule has 1 N–H and O–H groups in total. The van der Waals surface area contributed by atoms with Gasteiger partial charge in [-0.3, -0.25) is 4.79 Å². The third kappa shape index (κ3) is 20.3. The minimum absolute atomic E-state index is 0.0333. The number of nitrogens with zero attached hydrogens (tertiary/aromatic N) is 1. The van der Waals surface area contributed by atoms with Crippen LogP contribution in [-0.2, 0) is 4.79 Å². The summed E-state index contributed by atoms with van der Waals surface area (Å²) >= 11 is 0. The lowest BCUT2D eigenvalue weighted by atomic mass is 10.0. The van der Waals surface area contributed by atoms with Crippen LogP contribution in [0.25, 0.3) is 6.08 Å². The first-order valence-corrected chi connectivity index (χ1v) is 15.3. The molecule has 0 unspecified atom stereocenters. The minimum atomic E-state index is 0.0333. The van der Waals surface area contributed by atoms with Crippen molar-refractivity contribution in [2.75, 3.05) is 0 Å². The van der Waals surface area contributed by atoms with E-state index in [-0.39, 0.29) is 5.91 Å². The lowest BCUT2D eigenvalue weighted by Crippen LogP contribution is -2.17. The highest BCUT2D eigenvalue weighted by Crippen LogP contribution is 2.15. The van der Waals surface area contributed by atoms with E-state index >= 15 is 0 Å². The van der Waals surface area contributed by atoms with Gasteiger partial charge in [0, 0.05) is 6.42 Å². The molecule has 0 aliphatic heterocycles. The Balaban J connectivity index is 2.08. The fourth-order valence-corrected chi connectivity index (χ4v) is 4.59. The second-order valence-corrected chi connectivity index (χ2v) is 10.4. The molecule has 1 amide bonds. The summed E-state index contributed by atoms with van der Waals surface area (Å²) in [5.41, 5.74) is 5.09. The third-order valence-electron chi connectivity index (χ3n) is 6.90. The molecule has 3 nitrogen and oxygen atoms in total. The number of rotatable bonds is 24. The number of hydrogen-bond donors (Lipinski definition) is 1. The second kappa shape index (κ2) is 24.8. The van der Waals surface area contributed by atoms with E-state index in [0.717, 1.165) is 25.7 Å². The Morgan fingerprint density at radius 2 is 1.08 bits per heavy atom.